The van der Waals surface area contributed by atoms with Crippen LogP contribution in [0.5, 0.6) is 0 Å². The fourth-order valence-electron chi connectivity index (χ4n) is 1.47. The van der Waals surface area contributed by atoms with Crippen LogP contribution >= 0.6 is 0 Å². The molecule has 0 aromatic heterocycles. The van der Waals surface area contributed by atoms with Gasteiger partial charge in [-0.2, -0.15) is 65.9 Å². The number of hydrogen-bond donors (Lipinski definition) is 0. The van der Waals surface area contributed by atoms with Crippen molar-refractivity contribution >= 4 is 5.97 Å². The van der Waals surface area contributed by atoms with E-state index >= 15 is 0 Å². The van der Waals surface area contributed by atoms with E-state index in [2.05, 4.69) is 4.74 Å². The highest BCUT2D eigenvalue weighted by molar-refractivity contribution is 5.79. The fourth-order valence-corrected chi connectivity index (χ4v) is 1.47. The van der Waals surface area contributed by atoms with Crippen molar-refractivity contribution in [2.75, 3.05) is 0 Å². The first-order chi connectivity index (χ1) is 12.7. The molecular formula is C13H11F15O2. The maximum atomic E-state index is 13.5. The Morgan fingerprint density at radius 1 is 0.567 bits per heavy atom. The van der Waals surface area contributed by atoms with Gasteiger partial charge < -0.3 is 4.74 Å². The molecule has 1 unspecified atom stereocenters. The number of rotatable bonds is 8. The molecule has 30 heavy (non-hydrogen) atoms. The second-order valence-corrected chi connectivity index (χ2v) is 6.30. The summed E-state index contributed by atoms with van der Waals surface area (Å²) in [5.41, 5.74) is 0. The van der Waals surface area contributed by atoms with Crippen molar-refractivity contribution in [2.45, 2.75) is 68.6 Å². The zero-order chi connectivity index (χ0) is 24.9. The standard InChI is InChI=1S/C13H11F15O2/c1-4(2)5(3)30-6(29)7(14,15)8(16,17)9(18,19)10(20,21)11(22,23)12(24,25)13(26,27)28/h4-5H,1-3H3. The predicted octanol–water partition coefficient (Wildman–Crippen LogP) is 5.95. The minimum atomic E-state index is -8.43. The van der Waals surface area contributed by atoms with E-state index in [-0.39, 0.29) is 0 Å². The maximum Gasteiger partial charge on any atom is 0.460 e. The number of halogens is 15. The highest BCUT2D eigenvalue weighted by Gasteiger charge is 2.94. The van der Waals surface area contributed by atoms with Crippen molar-refractivity contribution in [3.05, 3.63) is 0 Å². The molecule has 2 nitrogen and oxygen atoms in total. The minimum Gasteiger partial charge on any atom is -0.458 e. The van der Waals surface area contributed by atoms with Gasteiger partial charge in [-0.15, -0.1) is 0 Å². The lowest BCUT2D eigenvalue weighted by molar-refractivity contribution is -0.450. The van der Waals surface area contributed by atoms with Gasteiger partial charge in [-0.3, -0.25) is 0 Å². The van der Waals surface area contributed by atoms with Crippen LogP contribution in [-0.2, 0) is 9.53 Å². The molecule has 0 aromatic carbocycles. The normalized spacial score (nSPS) is 16.6. The van der Waals surface area contributed by atoms with Crippen molar-refractivity contribution in [2.24, 2.45) is 5.92 Å². The van der Waals surface area contributed by atoms with Gasteiger partial charge in [-0.05, 0) is 12.8 Å². The molecule has 0 spiro atoms. The van der Waals surface area contributed by atoms with Crippen molar-refractivity contribution in [1.29, 1.82) is 0 Å². The van der Waals surface area contributed by atoms with E-state index in [4.69, 9.17) is 0 Å². The van der Waals surface area contributed by atoms with Gasteiger partial charge in [0, 0.05) is 0 Å². The van der Waals surface area contributed by atoms with E-state index < -0.39 is 59.7 Å². The van der Waals surface area contributed by atoms with E-state index in [1.165, 1.54) is 0 Å². The number of ether oxygens (including phenoxy) is 1. The van der Waals surface area contributed by atoms with Crippen molar-refractivity contribution in [3.8, 4) is 0 Å². The molecule has 1 atom stereocenters. The second kappa shape index (κ2) is 7.53. The van der Waals surface area contributed by atoms with E-state index in [1.807, 2.05) is 0 Å². The van der Waals surface area contributed by atoms with Gasteiger partial charge in [0.1, 0.15) is 6.10 Å². The Morgan fingerprint density at radius 3 is 1.17 bits per heavy atom. The van der Waals surface area contributed by atoms with Crippen LogP contribution in [0.2, 0.25) is 0 Å². The number of esters is 1. The lowest BCUT2D eigenvalue weighted by Gasteiger charge is -2.41. The third kappa shape index (κ3) is 3.87. The van der Waals surface area contributed by atoms with Gasteiger partial charge in [0.2, 0.25) is 0 Å². The number of carbonyl (C=O) groups excluding carboxylic acids is 1. The van der Waals surface area contributed by atoms with Crippen LogP contribution in [0.15, 0.2) is 0 Å². The van der Waals surface area contributed by atoms with Crippen LogP contribution in [0.25, 0.3) is 0 Å². The fraction of sp³-hybridized carbons (Fsp3) is 0.923. The first kappa shape index (κ1) is 28.4. The van der Waals surface area contributed by atoms with Crippen LogP contribution in [-0.4, -0.2) is 53.8 Å². The van der Waals surface area contributed by atoms with Gasteiger partial charge in [-0.25, -0.2) is 4.79 Å². The molecule has 0 aliphatic carbocycles. The lowest BCUT2D eigenvalue weighted by atomic mass is 9.91. The molecule has 17 heteroatoms. The molecule has 0 aliphatic heterocycles. The Bertz CT molecular complexity index is 635. The summed E-state index contributed by atoms with van der Waals surface area (Å²) in [5, 5.41) is 0. The van der Waals surface area contributed by atoms with Gasteiger partial charge in [0.05, 0.1) is 0 Å². The quantitative estimate of drug-likeness (QED) is 0.315. The van der Waals surface area contributed by atoms with Crippen molar-refractivity contribution in [1.82, 2.24) is 0 Å². The van der Waals surface area contributed by atoms with E-state index in [1.54, 1.807) is 0 Å². The Kier molecular flexibility index (Phi) is 7.13. The van der Waals surface area contributed by atoms with Gasteiger partial charge in [0.25, 0.3) is 0 Å². The Labute approximate surface area is 157 Å². The number of carbonyl (C=O) groups is 1. The molecule has 0 N–H and O–H groups in total. The highest BCUT2D eigenvalue weighted by Crippen LogP contribution is 2.62. The zero-order valence-corrected chi connectivity index (χ0v) is 14.6. The van der Waals surface area contributed by atoms with Gasteiger partial charge in [-0.1, -0.05) is 13.8 Å². The summed E-state index contributed by atoms with van der Waals surface area (Å²) in [7, 11) is 0. The molecule has 0 aromatic rings. The molecule has 180 valence electrons. The molecule has 0 aliphatic rings. The van der Waals surface area contributed by atoms with Crippen LogP contribution in [0, 0.1) is 5.92 Å². The van der Waals surface area contributed by atoms with Gasteiger partial charge in [0.15, 0.2) is 0 Å². The molecule has 0 radical (unpaired) electrons. The topological polar surface area (TPSA) is 26.3 Å². The summed E-state index contributed by atoms with van der Waals surface area (Å²) >= 11 is 0. The number of alkyl halides is 15. The van der Waals surface area contributed by atoms with Crippen molar-refractivity contribution in [3.63, 3.8) is 0 Å². The molecule has 0 bridgehead atoms. The third-order valence-electron chi connectivity index (χ3n) is 3.82. The molecule has 0 amide bonds. The Balaban J connectivity index is 6.45. The molecule has 0 heterocycles. The molecule has 0 rings (SSSR count). The zero-order valence-electron chi connectivity index (χ0n) is 14.6. The SMILES string of the molecule is CC(C)C(C)OC(=O)C(F)(F)C(F)(F)C(F)(F)C(F)(F)C(F)(F)C(F)(F)C(F)(F)F. The van der Waals surface area contributed by atoms with Crippen LogP contribution < -0.4 is 0 Å². The first-order valence-corrected chi connectivity index (χ1v) is 7.29. The van der Waals surface area contributed by atoms with Crippen LogP contribution in [0.1, 0.15) is 20.8 Å². The lowest BCUT2D eigenvalue weighted by Crippen LogP contribution is -2.73. The Morgan fingerprint density at radius 2 is 0.867 bits per heavy atom. The largest absolute Gasteiger partial charge is 0.460 e. The first-order valence-electron chi connectivity index (χ1n) is 7.29. The molecule has 0 saturated carbocycles. The molecule has 0 fully saturated rings. The van der Waals surface area contributed by atoms with Crippen LogP contribution in [0.3, 0.4) is 0 Å². The summed E-state index contributed by atoms with van der Waals surface area (Å²) in [5.74, 6) is -52.7. The van der Waals surface area contributed by atoms with Gasteiger partial charge >= 0.3 is 47.7 Å². The van der Waals surface area contributed by atoms with E-state index in [0.717, 1.165) is 20.8 Å². The Hall–Kier alpha value is -1.58. The summed E-state index contributed by atoms with van der Waals surface area (Å²) in [6.07, 6.45) is -9.43. The maximum absolute atomic E-state index is 13.5. The monoisotopic (exact) mass is 484 g/mol. The highest BCUT2D eigenvalue weighted by atomic mass is 19.4. The van der Waals surface area contributed by atoms with E-state index in [9.17, 15) is 70.7 Å². The molecule has 0 saturated heterocycles. The average molecular weight is 484 g/mol. The number of hydrogen-bond acceptors (Lipinski definition) is 2. The summed E-state index contributed by atoms with van der Waals surface area (Å²) in [6, 6.07) is 0. The smallest absolute Gasteiger partial charge is 0.458 e. The average Bonchev–Trinajstić information content (AvgIpc) is 2.52. The summed E-state index contributed by atoms with van der Waals surface area (Å²) < 4.78 is 198. The van der Waals surface area contributed by atoms with E-state index in [0.29, 0.717) is 0 Å². The second-order valence-electron chi connectivity index (χ2n) is 6.30. The van der Waals surface area contributed by atoms with Crippen molar-refractivity contribution < 1.29 is 75.4 Å². The summed E-state index contributed by atoms with van der Waals surface area (Å²) in [4.78, 5) is 11.1. The molecular weight excluding hydrogens is 473 g/mol. The minimum absolute atomic E-state index is 0.738. The predicted molar refractivity (Wildman–Crippen MR) is 66.1 cm³/mol. The van der Waals surface area contributed by atoms with Crippen LogP contribution in [0.4, 0.5) is 65.9 Å². The third-order valence-corrected chi connectivity index (χ3v) is 3.82. The summed E-state index contributed by atoms with van der Waals surface area (Å²) in [6.45, 7) is 2.95.